The molecule has 1 aliphatic heterocycles. The maximum atomic E-state index is 13.0. The quantitative estimate of drug-likeness (QED) is 0.778. The molecule has 0 unspecified atom stereocenters. The van der Waals surface area contributed by atoms with Crippen LogP contribution in [0.1, 0.15) is 24.5 Å². The lowest BCUT2D eigenvalue weighted by Gasteiger charge is -2.21. The van der Waals surface area contributed by atoms with E-state index in [4.69, 9.17) is 4.74 Å². The summed E-state index contributed by atoms with van der Waals surface area (Å²) in [6.07, 6.45) is 0.0418. The van der Waals surface area contributed by atoms with Gasteiger partial charge in [0.1, 0.15) is 11.8 Å². The van der Waals surface area contributed by atoms with Crippen molar-refractivity contribution in [3.8, 4) is 5.75 Å². The van der Waals surface area contributed by atoms with E-state index in [0.717, 1.165) is 11.1 Å². The van der Waals surface area contributed by atoms with Crippen LogP contribution in [0.5, 0.6) is 5.75 Å². The number of benzene rings is 2. The fourth-order valence-electron chi connectivity index (χ4n) is 3.43. The molecule has 2 N–H and O–H groups in total. The number of para-hydroxylation sites is 1. The standard InChI is InChI=1S/C21H23N3O4/c1-12-6-5-7-13(2)20(12)24-19(26)11-17(21(24)27)23-16-10-15(22-14(3)25)8-9-18(16)28-4/h5-10,17,23H,11H2,1-4H3,(H,22,25)/t17-/m1/s1. The van der Waals surface area contributed by atoms with Crippen LogP contribution in [0.15, 0.2) is 36.4 Å². The largest absolute Gasteiger partial charge is 0.495 e. The number of hydrogen-bond donors (Lipinski definition) is 2. The number of nitrogens with one attached hydrogen (secondary N) is 2. The van der Waals surface area contributed by atoms with Crippen LogP contribution in [-0.2, 0) is 14.4 Å². The molecular formula is C21H23N3O4. The summed E-state index contributed by atoms with van der Waals surface area (Å²) in [7, 11) is 1.52. The van der Waals surface area contributed by atoms with E-state index < -0.39 is 6.04 Å². The van der Waals surface area contributed by atoms with Crippen LogP contribution in [-0.4, -0.2) is 30.9 Å². The Bertz CT molecular complexity index is 934. The van der Waals surface area contributed by atoms with Crippen LogP contribution >= 0.6 is 0 Å². The minimum absolute atomic E-state index is 0.0418. The number of ether oxygens (including phenoxy) is 1. The van der Waals surface area contributed by atoms with Crippen molar-refractivity contribution >= 4 is 34.8 Å². The molecule has 1 saturated heterocycles. The van der Waals surface area contributed by atoms with E-state index in [-0.39, 0.29) is 24.1 Å². The number of carbonyl (C=O) groups is 3. The zero-order valence-corrected chi connectivity index (χ0v) is 16.3. The van der Waals surface area contributed by atoms with Gasteiger partial charge >= 0.3 is 0 Å². The van der Waals surface area contributed by atoms with E-state index in [1.165, 1.54) is 18.9 Å². The highest BCUT2D eigenvalue weighted by atomic mass is 16.5. The van der Waals surface area contributed by atoms with Gasteiger partial charge in [-0.1, -0.05) is 18.2 Å². The Morgan fingerprint density at radius 1 is 1.14 bits per heavy atom. The summed E-state index contributed by atoms with van der Waals surface area (Å²) in [6.45, 7) is 5.17. The van der Waals surface area contributed by atoms with Gasteiger partial charge < -0.3 is 15.4 Å². The van der Waals surface area contributed by atoms with Crippen LogP contribution in [0.4, 0.5) is 17.1 Å². The zero-order chi connectivity index (χ0) is 20.4. The van der Waals surface area contributed by atoms with Crippen LogP contribution in [0.3, 0.4) is 0 Å². The van der Waals surface area contributed by atoms with Crippen molar-refractivity contribution in [3.05, 3.63) is 47.5 Å². The highest BCUT2D eigenvalue weighted by molar-refractivity contribution is 6.23. The van der Waals surface area contributed by atoms with Gasteiger partial charge in [-0.3, -0.25) is 14.4 Å². The first kappa shape index (κ1) is 19.4. The number of nitrogens with zero attached hydrogens (tertiary/aromatic N) is 1. The molecule has 1 aliphatic rings. The van der Waals surface area contributed by atoms with Crippen molar-refractivity contribution in [2.75, 3.05) is 22.6 Å². The van der Waals surface area contributed by atoms with Gasteiger partial charge in [0.15, 0.2) is 0 Å². The van der Waals surface area contributed by atoms with Gasteiger partial charge in [0, 0.05) is 12.6 Å². The number of imide groups is 1. The smallest absolute Gasteiger partial charge is 0.256 e. The second-order valence-electron chi connectivity index (χ2n) is 6.81. The van der Waals surface area contributed by atoms with Crippen LogP contribution in [0, 0.1) is 13.8 Å². The molecule has 1 fully saturated rings. The minimum Gasteiger partial charge on any atom is -0.495 e. The van der Waals surface area contributed by atoms with Gasteiger partial charge in [-0.25, -0.2) is 4.90 Å². The van der Waals surface area contributed by atoms with Gasteiger partial charge in [0.05, 0.1) is 24.9 Å². The van der Waals surface area contributed by atoms with E-state index in [9.17, 15) is 14.4 Å². The van der Waals surface area contributed by atoms with Crippen molar-refractivity contribution in [1.29, 1.82) is 0 Å². The Morgan fingerprint density at radius 2 is 1.82 bits per heavy atom. The molecule has 0 radical (unpaired) electrons. The average molecular weight is 381 g/mol. The molecule has 0 aromatic heterocycles. The molecule has 7 nitrogen and oxygen atoms in total. The molecule has 7 heteroatoms. The zero-order valence-electron chi connectivity index (χ0n) is 16.3. The first-order chi connectivity index (χ1) is 13.3. The van der Waals surface area contributed by atoms with E-state index >= 15 is 0 Å². The number of rotatable bonds is 5. The lowest BCUT2D eigenvalue weighted by Crippen LogP contribution is -2.35. The number of amides is 3. The van der Waals surface area contributed by atoms with Crippen molar-refractivity contribution in [3.63, 3.8) is 0 Å². The number of hydrogen-bond acceptors (Lipinski definition) is 5. The normalized spacial score (nSPS) is 16.3. The van der Waals surface area contributed by atoms with Gasteiger partial charge in [-0.2, -0.15) is 0 Å². The first-order valence-corrected chi connectivity index (χ1v) is 8.97. The molecular weight excluding hydrogens is 358 g/mol. The third-order valence-corrected chi connectivity index (χ3v) is 4.66. The highest BCUT2D eigenvalue weighted by Crippen LogP contribution is 2.33. The molecule has 3 rings (SSSR count). The molecule has 3 amide bonds. The molecule has 2 aromatic carbocycles. The van der Waals surface area contributed by atoms with Crippen molar-refractivity contribution in [2.24, 2.45) is 0 Å². The monoisotopic (exact) mass is 381 g/mol. The molecule has 0 spiro atoms. The number of aryl methyl sites for hydroxylation is 2. The van der Waals surface area contributed by atoms with Crippen molar-refractivity contribution < 1.29 is 19.1 Å². The number of anilines is 3. The Kier molecular flexibility index (Phi) is 5.35. The maximum Gasteiger partial charge on any atom is 0.256 e. The second-order valence-corrected chi connectivity index (χ2v) is 6.81. The van der Waals surface area contributed by atoms with Gasteiger partial charge in [0.25, 0.3) is 5.91 Å². The fourth-order valence-corrected chi connectivity index (χ4v) is 3.43. The van der Waals surface area contributed by atoms with Gasteiger partial charge in [-0.15, -0.1) is 0 Å². The van der Waals surface area contributed by atoms with E-state index in [1.807, 2.05) is 32.0 Å². The molecule has 1 atom stereocenters. The molecule has 0 aliphatic carbocycles. The average Bonchev–Trinajstić information content (AvgIpc) is 2.89. The summed E-state index contributed by atoms with van der Waals surface area (Å²) in [5.41, 5.74) is 3.48. The summed E-state index contributed by atoms with van der Waals surface area (Å²) < 4.78 is 5.34. The van der Waals surface area contributed by atoms with Crippen molar-refractivity contribution in [2.45, 2.75) is 33.2 Å². The predicted octanol–water partition coefficient (Wildman–Crippen LogP) is 3.01. The van der Waals surface area contributed by atoms with Crippen LogP contribution in [0.2, 0.25) is 0 Å². The summed E-state index contributed by atoms with van der Waals surface area (Å²) in [6, 6.07) is 10.0. The SMILES string of the molecule is COc1ccc(NC(C)=O)cc1N[C@@H]1CC(=O)N(c2c(C)cccc2C)C1=O. The van der Waals surface area contributed by atoms with Crippen molar-refractivity contribution in [1.82, 2.24) is 0 Å². The Morgan fingerprint density at radius 3 is 2.43 bits per heavy atom. The van der Waals surface area contributed by atoms with Gasteiger partial charge in [-0.05, 0) is 43.2 Å². The first-order valence-electron chi connectivity index (χ1n) is 8.97. The maximum absolute atomic E-state index is 13.0. The lowest BCUT2D eigenvalue weighted by atomic mass is 10.1. The third kappa shape index (κ3) is 3.69. The summed E-state index contributed by atoms with van der Waals surface area (Å²) in [4.78, 5) is 38.2. The highest BCUT2D eigenvalue weighted by Gasteiger charge is 2.41. The van der Waals surface area contributed by atoms with E-state index in [0.29, 0.717) is 22.8 Å². The summed E-state index contributed by atoms with van der Waals surface area (Å²) in [5.74, 6) is -0.254. The Balaban J connectivity index is 1.89. The van der Waals surface area contributed by atoms with E-state index in [1.54, 1.807) is 18.2 Å². The topological polar surface area (TPSA) is 87.7 Å². The predicted molar refractivity (Wildman–Crippen MR) is 108 cm³/mol. The Labute approximate surface area is 163 Å². The molecule has 0 saturated carbocycles. The summed E-state index contributed by atoms with van der Waals surface area (Å²) >= 11 is 0. The molecule has 2 aromatic rings. The van der Waals surface area contributed by atoms with Crippen LogP contribution in [0.25, 0.3) is 0 Å². The lowest BCUT2D eigenvalue weighted by molar-refractivity contribution is -0.121. The van der Waals surface area contributed by atoms with Gasteiger partial charge in [0.2, 0.25) is 11.8 Å². The van der Waals surface area contributed by atoms with E-state index in [2.05, 4.69) is 10.6 Å². The molecule has 28 heavy (non-hydrogen) atoms. The second kappa shape index (κ2) is 7.72. The number of carbonyl (C=O) groups excluding carboxylic acids is 3. The minimum atomic E-state index is -0.715. The summed E-state index contributed by atoms with van der Waals surface area (Å²) in [5, 5.41) is 5.80. The number of methoxy groups -OCH3 is 1. The van der Waals surface area contributed by atoms with Crippen LogP contribution < -0.4 is 20.3 Å². The molecule has 1 heterocycles. The molecule has 146 valence electrons. The Hall–Kier alpha value is -3.35. The fraction of sp³-hybridized carbons (Fsp3) is 0.286. The molecule has 0 bridgehead atoms. The third-order valence-electron chi connectivity index (χ3n) is 4.66.